The van der Waals surface area contributed by atoms with Crippen LogP contribution in [0.2, 0.25) is 38.8 Å². The SMILES string of the molecule is CN(C)C1(C)C[Si](C)(N(C)C)[Si](C)(C)[Si](C)(C)O1. The van der Waals surface area contributed by atoms with E-state index in [1.807, 2.05) is 0 Å². The lowest BCUT2D eigenvalue weighted by molar-refractivity contribution is -0.0324. The summed E-state index contributed by atoms with van der Waals surface area (Å²) in [4.78, 5) is 2.29. The second-order valence-corrected chi connectivity index (χ2v) is 33.8. The normalized spacial score (nSPS) is 39.3. The Morgan fingerprint density at radius 2 is 1.39 bits per heavy atom. The van der Waals surface area contributed by atoms with Gasteiger partial charge in [-0.25, -0.2) is 0 Å². The second kappa shape index (κ2) is 4.53. The molecule has 2 unspecified atom stereocenters. The Bertz CT molecular complexity index is 331. The van der Waals surface area contributed by atoms with E-state index in [1.165, 1.54) is 6.04 Å². The van der Waals surface area contributed by atoms with Crippen molar-refractivity contribution >= 4 is 22.7 Å². The molecule has 18 heavy (non-hydrogen) atoms. The average Bonchev–Trinajstić information content (AvgIpc) is 2.13. The van der Waals surface area contributed by atoms with Gasteiger partial charge < -0.3 is 8.99 Å². The highest BCUT2D eigenvalue weighted by Gasteiger charge is 2.65. The summed E-state index contributed by atoms with van der Waals surface area (Å²) in [7, 11) is 4.60. The van der Waals surface area contributed by atoms with Gasteiger partial charge in [-0.2, -0.15) is 0 Å². The summed E-state index contributed by atoms with van der Waals surface area (Å²) in [6.45, 7) is 15.0. The lowest BCUT2D eigenvalue weighted by Crippen LogP contribution is -2.84. The van der Waals surface area contributed by atoms with Crippen molar-refractivity contribution < 1.29 is 4.43 Å². The lowest BCUT2D eigenvalue weighted by atomic mass is 10.3. The van der Waals surface area contributed by atoms with E-state index in [4.69, 9.17) is 4.43 Å². The Kier molecular flexibility index (Phi) is 4.17. The van der Waals surface area contributed by atoms with Gasteiger partial charge in [0, 0.05) is 0 Å². The molecule has 0 N–H and O–H groups in total. The van der Waals surface area contributed by atoms with Crippen LogP contribution in [-0.2, 0) is 4.43 Å². The minimum atomic E-state index is -1.60. The molecule has 1 saturated heterocycles. The molecule has 0 aromatic carbocycles. The third-order valence-electron chi connectivity index (χ3n) is 5.93. The third kappa shape index (κ3) is 2.20. The third-order valence-corrected chi connectivity index (χ3v) is 45.5. The largest absolute Gasteiger partial charge is 0.403 e. The Balaban J connectivity index is 3.33. The molecule has 1 aliphatic heterocycles. The quantitative estimate of drug-likeness (QED) is 0.729. The molecule has 0 aromatic heterocycles. The Hall–Kier alpha value is 0.531. The molecule has 0 aliphatic carbocycles. The molecule has 0 aromatic rings. The fourth-order valence-corrected chi connectivity index (χ4v) is 35.7. The minimum absolute atomic E-state index is 0.0660. The molecule has 6 heteroatoms. The van der Waals surface area contributed by atoms with E-state index >= 15 is 0 Å². The molecule has 0 bridgehead atoms. The van der Waals surface area contributed by atoms with Crippen molar-refractivity contribution in [1.29, 1.82) is 0 Å². The molecule has 1 fully saturated rings. The highest BCUT2D eigenvalue weighted by molar-refractivity contribution is 7.67. The van der Waals surface area contributed by atoms with E-state index in [0.717, 1.165) is 0 Å². The van der Waals surface area contributed by atoms with Crippen LogP contribution in [0.15, 0.2) is 0 Å². The van der Waals surface area contributed by atoms with Crippen LogP contribution in [0.1, 0.15) is 6.92 Å². The van der Waals surface area contributed by atoms with Gasteiger partial charge in [0.15, 0.2) is 7.83 Å². The van der Waals surface area contributed by atoms with Crippen molar-refractivity contribution in [2.75, 3.05) is 28.2 Å². The molecular formula is C12H32N2OSi3. The molecule has 0 radical (unpaired) electrons. The average molecular weight is 305 g/mol. The maximum absolute atomic E-state index is 6.72. The highest BCUT2D eigenvalue weighted by atomic mass is 29.6. The number of nitrogens with zero attached hydrogens (tertiary/aromatic N) is 2. The molecule has 0 saturated carbocycles. The first kappa shape index (κ1) is 16.6. The molecule has 0 amide bonds. The maximum atomic E-state index is 6.72. The lowest BCUT2D eigenvalue weighted by Gasteiger charge is -2.62. The zero-order valence-electron chi connectivity index (χ0n) is 14.0. The zero-order chi connectivity index (χ0) is 14.6. The van der Waals surface area contributed by atoms with Gasteiger partial charge in [0.05, 0.1) is 7.11 Å². The fourth-order valence-electron chi connectivity index (χ4n) is 3.19. The van der Waals surface area contributed by atoms with Crippen molar-refractivity contribution in [3.8, 4) is 0 Å². The van der Waals surface area contributed by atoms with E-state index in [1.54, 1.807) is 0 Å². The van der Waals surface area contributed by atoms with Crippen LogP contribution in [0, 0.1) is 0 Å². The van der Waals surface area contributed by atoms with Gasteiger partial charge in [0.2, 0.25) is 0 Å². The Labute approximate surface area is 116 Å². The number of rotatable bonds is 2. The first-order chi connectivity index (χ1) is 7.80. The van der Waals surface area contributed by atoms with Crippen LogP contribution in [0.5, 0.6) is 0 Å². The summed E-state index contributed by atoms with van der Waals surface area (Å²) in [6, 6.07) is 1.23. The predicted molar refractivity (Wildman–Crippen MR) is 88.3 cm³/mol. The van der Waals surface area contributed by atoms with Gasteiger partial charge in [-0.05, 0) is 54.3 Å². The molecule has 1 heterocycles. The molecule has 3 nitrogen and oxygen atoms in total. The molecule has 2 atom stereocenters. The van der Waals surface area contributed by atoms with E-state index in [0.29, 0.717) is 0 Å². The summed E-state index contributed by atoms with van der Waals surface area (Å²) < 4.78 is 9.31. The Morgan fingerprint density at radius 1 is 0.944 bits per heavy atom. The summed E-state index contributed by atoms with van der Waals surface area (Å²) in [5.74, 6) is 0. The van der Waals surface area contributed by atoms with Crippen LogP contribution in [0.4, 0.5) is 0 Å². The predicted octanol–water partition coefficient (Wildman–Crippen LogP) is 2.50. The highest BCUT2D eigenvalue weighted by Crippen LogP contribution is 2.45. The first-order valence-corrected chi connectivity index (χ1v) is 17.4. The number of hydrogen-bond donors (Lipinski definition) is 0. The van der Waals surface area contributed by atoms with Crippen LogP contribution in [0.25, 0.3) is 0 Å². The van der Waals surface area contributed by atoms with E-state index in [9.17, 15) is 0 Å². The fraction of sp³-hybridized carbons (Fsp3) is 1.00. The minimum Gasteiger partial charge on any atom is -0.403 e. The van der Waals surface area contributed by atoms with Crippen LogP contribution >= 0.6 is 0 Å². The summed E-state index contributed by atoms with van der Waals surface area (Å²) in [6.07, 6.45) is 0. The van der Waals surface area contributed by atoms with Gasteiger partial charge in [0.25, 0.3) is 0 Å². The Morgan fingerprint density at radius 3 is 1.72 bits per heavy atom. The van der Waals surface area contributed by atoms with Gasteiger partial charge in [-0.3, -0.25) is 4.90 Å². The summed E-state index contributed by atoms with van der Waals surface area (Å²) in [5, 5.41) is 0. The van der Waals surface area contributed by atoms with E-state index in [-0.39, 0.29) is 5.72 Å². The topological polar surface area (TPSA) is 15.7 Å². The van der Waals surface area contributed by atoms with Crippen LogP contribution in [0.3, 0.4) is 0 Å². The molecule has 108 valence electrons. The molecule has 1 aliphatic rings. The van der Waals surface area contributed by atoms with Crippen LogP contribution in [-0.4, -0.2) is 66.1 Å². The standard InChI is InChI=1S/C12H32N2OSi3/c1-12(13(2)3)11-18(10,14(4)5)17(8,9)16(6,7)15-12/h11H2,1-10H3. The van der Waals surface area contributed by atoms with Gasteiger partial charge >= 0.3 is 0 Å². The summed E-state index contributed by atoms with van der Waals surface area (Å²) >= 11 is 0. The van der Waals surface area contributed by atoms with Crippen molar-refractivity contribution in [2.24, 2.45) is 0 Å². The second-order valence-electron chi connectivity index (χ2n) is 7.65. The maximum Gasteiger partial charge on any atom is 0.175 e. The summed E-state index contributed by atoms with van der Waals surface area (Å²) in [5.41, 5.74) is -0.0660. The zero-order valence-corrected chi connectivity index (χ0v) is 17.0. The van der Waals surface area contributed by atoms with Gasteiger partial charge in [-0.15, -0.1) is 0 Å². The number of hydrogen-bond acceptors (Lipinski definition) is 3. The van der Waals surface area contributed by atoms with Crippen molar-refractivity contribution in [3.05, 3.63) is 0 Å². The van der Waals surface area contributed by atoms with Gasteiger partial charge in [-0.1, -0.05) is 19.6 Å². The van der Waals surface area contributed by atoms with Gasteiger partial charge in [0.1, 0.15) is 13.5 Å². The smallest absolute Gasteiger partial charge is 0.175 e. The van der Waals surface area contributed by atoms with Crippen molar-refractivity contribution in [2.45, 2.75) is 51.4 Å². The molecule has 1 rings (SSSR count). The molecule has 0 spiro atoms. The van der Waals surface area contributed by atoms with E-state index in [2.05, 4.69) is 77.3 Å². The van der Waals surface area contributed by atoms with Crippen molar-refractivity contribution in [1.82, 2.24) is 9.47 Å². The molecular weight excluding hydrogens is 272 g/mol. The monoisotopic (exact) mass is 304 g/mol. The van der Waals surface area contributed by atoms with Crippen LogP contribution < -0.4 is 0 Å². The first-order valence-electron chi connectivity index (χ1n) is 6.85. The van der Waals surface area contributed by atoms with Crippen molar-refractivity contribution in [3.63, 3.8) is 0 Å². The van der Waals surface area contributed by atoms with E-state index < -0.39 is 22.7 Å².